The zero-order valence-electron chi connectivity index (χ0n) is 28.8. The first-order chi connectivity index (χ1) is 24.8. The molecule has 0 N–H and O–H groups in total. The van der Waals surface area contributed by atoms with E-state index in [9.17, 15) is 0 Å². The quantitative estimate of drug-likeness (QED) is 0.300. The Labute approximate surface area is 296 Å². The summed E-state index contributed by atoms with van der Waals surface area (Å²) in [4.78, 5) is 21.2. The molecule has 10 rings (SSSR count). The van der Waals surface area contributed by atoms with Crippen molar-refractivity contribution in [3.05, 3.63) is 149 Å². The van der Waals surface area contributed by atoms with Gasteiger partial charge in [-0.05, 0) is 93.1 Å². The van der Waals surface area contributed by atoms with E-state index in [1.54, 1.807) is 16.8 Å². The lowest BCUT2D eigenvalue weighted by Gasteiger charge is -2.42. The maximum atomic E-state index is 5.33. The van der Waals surface area contributed by atoms with Crippen LogP contribution in [0.3, 0.4) is 0 Å². The summed E-state index contributed by atoms with van der Waals surface area (Å²) in [6, 6.07) is 11.4. The van der Waals surface area contributed by atoms with Gasteiger partial charge in [0.05, 0.1) is 18.1 Å². The molecule has 2 aromatic rings. The summed E-state index contributed by atoms with van der Waals surface area (Å²) in [5.74, 6) is 3.39. The van der Waals surface area contributed by atoms with Gasteiger partial charge in [0.1, 0.15) is 0 Å². The van der Waals surface area contributed by atoms with Crippen LogP contribution >= 0.6 is 0 Å². The fourth-order valence-corrected chi connectivity index (χ4v) is 9.90. The van der Waals surface area contributed by atoms with E-state index in [0.717, 1.165) is 73.6 Å². The molecule has 5 atom stereocenters. The second kappa shape index (κ2) is 12.5. The first-order valence-corrected chi connectivity index (χ1v) is 19.1. The van der Waals surface area contributed by atoms with E-state index in [1.807, 2.05) is 0 Å². The summed E-state index contributed by atoms with van der Waals surface area (Å²) < 4.78 is 0. The molecule has 1 aromatic heterocycles. The zero-order valence-corrected chi connectivity index (χ0v) is 28.8. The minimum Gasteiger partial charge on any atom is -0.361 e. The predicted molar refractivity (Wildman–Crippen MR) is 202 cm³/mol. The van der Waals surface area contributed by atoms with Crippen LogP contribution in [0.1, 0.15) is 82.3 Å². The summed E-state index contributed by atoms with van der Waals surface area (Å²) in [5, 5.41) is 0. The number of benzene rings is 1. The maximum Gasteiger partial charge on any atom is 0.164 e. The number of hydrogen-bond acceptors (Lipinski definition) is 5. The molecule has 0 saturated heterocycles. The van der Waals surface area contributed by atoms with Crippen molar-refractivity contribution in [1.29, 1.82) is 0 Å². The highest BCUT2D eigenvalue weighted by atomic mass is 15.3. The molecule has 0 fully saturated rings. The topological polar surface area (TPSA) is 45.2 Å². The Morgan fingerprint density at radius 3 is 2.50 bits per heavy atom. The monoisotopic (exact) mass is 655 g/mol. The molecule has 5 heteroatoms. The molecule has 2 aliphatic heterocycles. The van der Waals surface area contributed by atoms with Gasteiger partial charge in [0, 0.05) is 46.5 Å². The maximum absolute atomic E-state index is 5.33. The van der Waals surface area contributed by atoms with Crippen molar-refractivity contribution < 1.29 is 0 Å². The highest BCUT2D eigenvalue weighted by molar-refractivity contribution is 5.75. The van der Waals surface area contributed by atoms with Gasteiger partial charge in [-0.2, -0.15) is 0 Å². The van der Waals surface area contributed by atoms with Gasteiger partial charge >= 0.3 is 0 Å². The number of allylic oxidation sites excluding steroid dienone is 12. The Hall–Kier alpha value is -4.77. The SMILES string of the molecule is C1=CC2C3=C(C=CCC3)N(C3=CC(c4nc(C5=CCCCC5)nc(-c5ccccc5)n4)=CC(N4C5=C(C=CCC5)C5CCC=CC54)C3)C2C=C1. The number of nitrogens with zero attached hydrogens (tertiary/aromatic N) is 5. The third-order valence-electron chi connectivity index (χ3n) is 12.1. The molecule has 1 aromatic carbocycles. The van der Waals surface area contributed by atoms with Gasteiger partial charge in [0.15, 0.2) is 17.5 Å². The summed E-state index contributed by atoms with van der Waals surface area (Å²) in [5.41, 5.74) is 10.9. The molecular formula is C45H45N5. The van der Waals surface area contributed by atoms with Crippen molar-refractivity contribution in [2.45, 2.75) is 88.8 Å². The highest BCUT2D eigenvalue weighted by Crippen LogP contribution is 2.50. The van der Waals surface area contributed by atoms with Gasteiger partial charge in [-0.1, -0.05) is 97.2 Å². The first kappa shape index (κ1) is 30.1. The largest absolute Gasteiger partial charge is 0.361 e. The van der Waals surface area contributed by atoms with E-state index in [0.29, 0.717) is 23.9 Å². The Bertz CT molecular complexity index is 2030. The van der Waals surface area contributed by atoms with Crippen LogP contribution in [-0.2, 0) is 0 Å². The molecule has 6 aliphatic carbocycles. The highest BCUT2D eigenvalue weighted by Gasteiger charge is 2.45. The molecular weight excluding hydrogens is 611 g/mol. The Balaban J connectivity index is 1.15. The molecule has 0 saturated carbocycles. The van der Waals surface area contributed by atoms with E-state index in [4.69, 9.17) is 15.0 Å². The predicted octanol–water partition coefficient (Wildman–Crippen LogP) is 9.82. The van der Waals surface area contributed by atoms with E-state index in [-0.39, 0.29) is 6.04 Å². The minimum absolute atomic E-state index is 0.201. The van der Waals surface area contributed by atoms with Crippen molar-refractivity contribution in [1.82, 2.24) is 24.8 Å². The van der Waals surface area contributed by atoms with Crippen LogP contribution in [0.5, 0.6) is 0 Å². The number of fused-ring (bicyclic) bond motifs is 4. The zero-order chi connectivity index (χ0) is 33.0. The smallest absolute Gasteiger partial charge is 0.164 e. The lowest BCUT2D eigenvalue weighted by molar-refractivity contribution is 0.211. The molecule has 0 spiro atoms. The van der Waals surface area contributed by atoms with Gasteiger partial charge in [-0.15, -0.1) is 0 Å². The fourth-order valence-electron chi connectivity index (χ4n) is 9.90. The minimum atomic E-state index is 0.201. The number of hydrogen-bond donors (Lipinski definition) is 0. The standard InChI is InChI=1S/C45H45N5/c1-3-15-30(16-4-1)43-46-44(31-17-5-2-6-18-31)48-45(47-43)32-27-33(49-39-23-11-7-19-35(39)36-20-8-12-24-40(36)49)29-34(28-32)50-41-25-13-9-21-37(41)38-22-10-14-26-42(38)50/h1,3-4,7,9,11-12,14-17,19,21,23-24,26-28,34-35,38-39,42H,2,5-6,8,10,13,18,20,22,25,29H2. The van der Waals surface area contributed by atoms with E-state index in [1.165, 1.54) is 42.7 Å². The Morgan fingerprint density at radius 1 is 0.720 bits per heavy atom. The van der Waals surface area contributed by atoms with Crippen LogP contribution in [0.4, 0.5) is 0 Å². The summed E-state index contributed by atoms with van der Waals surface area (Å²) in [6.07, 6.45) is 43.6. The van der Waals surface area contributed by atoms with Crippen LogP contribution in [0.25, 0.3) is 22.5 Å². The van der Waals surface area contributed by atoms with Crippen LogP contribution in [0, 0.1) is 11.8 Å². The molecule has 250 valence electrons. The molecule has 0 amide bonds. The normalized spacial score (nSPS) is 29.4. The van der Waals surface area contributed by atoms with Crippen molar-refractivity contribution in [2.24, 2.45) is 11.8 Å². The molecule has 5 unspecified atom stereocenters. The molecule has 0 radical (unpaired) electrons. The molecule has 50 heavy (non-hydrogen) atoms. The molecule has 5 nitrogen and oxygen atoms in total. The number of rotatable bonds is 5. The van der Waals surface area contributed by atoms with Crippen molar-refractivity contribution in [2.75, 3.05) is 0 Å². The van der Waals surface area contributed by atoms with Crippen LogP contribution in [0.2, 0.25) is 0 Å². The van der Waals surface area contributed by atoms with Gasteiger partial charge < -0.3 is 9.80 Å². The first-order valence-electron chi connectivity index (χ1n) is 19.1. The average Bonchev–Trinajstić information content (AvgIpc) is 3.71. The Morgan fingerprint density at radius 2 is 1.58 bits per heavy atom. The van der Waals surface area contributed by atoms with Gasteiger partial charge in [-0.3, -0.25) is 0 Å². The number of aromatic nitrogens is 3. The van der Waals surface area contributed by atoms with Crippen LogP contribution in [0.15, 0.2) is 138 Å². The second-order valence-corrected chi connectivity index (χ2v) is 15.0. The van der Waals surface area contributed by atoms with Gasteiger partial charge in [0.25, 0.3) is 0 Å². The fraction of sp³-hybridized carbons (Fsp3) is 0.356. The van der Waals surface area contributed by atoms with Crippen LogP contribution in [-0.4, -0.2) is 42.9 Å². The molecule has 0 bridgehead atoms. The second-order valence-electron chi connectivity index (χ2n) is 15.0. The van der Waals surface area contributed by atoms with Gasteiger partial charge in [0.2, 0.25) is 0 Å². The van der Waals surface area contributed by atoms with Crippen LogP contribution < -0.4 is 0 Å². The van der Waals surface area contributed by atoms with Crippen molar-refractivity contribution >= 4 is 11.1 Å². The summed E-state index contributed by atoms with van der Waals surface area (Å²) in [6.45, 7) is 0. The van der Waals surface area contributed by atoms with Crippen molar-refractivity contribution in [3.63, 3.8) is 0 Å². The summed E-state index contributed by atoms with van der Waals surface area (Å²) in [7, 11) is 0. The third kappa shape index (κ3) is 5.08. The van der Waals surface area contributed by atoms with E-state index in [2.05, 4.69) is 119 Å². The summed E-state index contributed by atoms with van der Waals surface area (Å²) >= 11 is 0. The Kier molecular flexibility index (Phi) is 7.54. The average molecular weight is 656 g/mol. The molecule has 8 aliphatic rings. The van der Waals surface area contributed by atoms with Crippen molar-refractivity contribution in [3.8, 4) is 11.4 Å². The molecule has 3 heterocycles. The third-order valence-corrected chi connectivity index (χ3v) is 12.1. The van der Waals surface area contributed by atoms with Gasteiger partial charge in [-0.25, -0.2) is 15.0 Å². The lowest BCUT2D eigenvalue weighted by Crippen LogP contribution is -2.43. The van der Waals surface area contributed by atoms with E-state index >= 15 is 0 Å². The lowest BCUT2D eigenvalue weighted by atomic mass is 9.84. The van der Waals surface area contributed by atoms with E-state index < -0.39 is 0 Å².